The van der Waals surface area contributed by atoms with Crippen molar-refractivity contribution in [3.63, 3.8) is 0 Å². The van der Waals surface area contributed by atoms with E-state index in [0.29, 0.717) is 31.6 Å². The zero-order chi connectivity index (χ0) is 24.4. The summed E-state index contributed by atoms with van der Waals surface area (Å²) in [6, 6.07) is 10.2. The minimum Gasteiger partial charge on any atom is -0.353 e. The van der Waals surface area contributed by atoms with Crippen molar-refractivity contribution in [2.45, 2.75) is 51.5 Å². The minimum absolute atomic E-state index is 0.00884. The van der Waals surface area contributed by atoms with Crippen molar-refractivity contribution in [1.82, 2.24) is 14.9 Å². The van der Waals surface area contributed by atoms with E-state index in [4.69, 9.17) is 4.98 Å². The standard InChI is InChI=1S/C26H33BrN6O2/c1-18-14-23(30-26(28-18)29-21-7-3-2-4-8-21)31-10-12-32(13-11-31)25(35)19-15-24(34)33(17-19)22-9-5-6-20(27)16-22/h5-6,9,14,16,19,21H,2-4,7-8,10-13,15,17H2,1H3,(H,28,29,30). The van der Waals surface area contributed by atoms with Crippen molar-refractivity contribution >= 4 is 45.2 Å². The second-order valence-electron chi connectivity index (χ2n) is 9.87. The number of halogens is 1. The number of nitrogens with zero attached hydrogens (tertiary/aromatic N) is 5. The molecule has 1 aromatic carbocycles. The van der Waals surface area contributed by atoms with Gasteiger partial charge in [0.15, 0.2) is 0 Å². The van der Waals surface area contributed by atoms with E-state index in [2.05, 4.69) is 31.1 Å². The number of carbonyl (C=O) groups is 2. The highest BCUT2D eigenvalue weighted by Crippen LogP contribution is 2.29. The molecule has 35 heavy (non-hydrogen) atoms. The summed E-state index contributed by atoms with van der Waals surface area (Å²) >= 11 is 3.46. The van der Waals surface area contributed by atoms with Gasteiger partial charge in [0.25, 0.3) is 0 Å². The Hall–Kier alpha value is -2.68. The first-order chi connectivity index (χ1) is 17.0. The second-order valence-corrected chi connectivity index (χ2v) is 10.8. The molecule has 5 rings (SSSR count). The molecule has 1 saturated carbocycles. The third-order valence-electron chi connectivity index (χ3n) is 7.29. The van der Waals surface area contributed by atoms with E-state index in [1.54, 1.807) is 4.90 Å². The van der Waals surface area contributed by atoms with Crippen LogP contribution in [0.1, 0.15) is 44.2 Å². The molecule has 3 heterocycles. The van der Waals surface area contributed by atoms with Crippen molar-refractivity contribution in [3.05, 3.63) is 40.5 Å². The maximum Gasteiger partial charge on any atom is 0.228 e. The monoisotopic (exact) mass is 540 g/mol. The summed E-state index contributed by atoms with van der Waals surface area (Å²) in [7, 11) is 0. The van der Waals surface area contributed by atoms with Crippen molar-refractivity contribution in [1.29, 1.82) is 0 Å². The van der Waals surface area contributed by atoms with Crippen LogP contribution in [0.15, 0.2) is 34.8 Å². The molecule has 1 aliphatic carbocycles. The van der Waals surface area contributed by atoms with Gasteiger partial charge in [-0.25, -0.2) is 4.98 Å². The number of aromatic nitrogens is 2. The van der Waals surface area contributed by atoms with Crippen LogP contribution in [0.3, 0.4) is 0 Å². The molecular weight excluding hydrogens is 508 g/mol. The quantitative estimate of drug-likeness (QED) is 0.617. The van der Waals surface area contributed by atoms with E-state index in [1.807, 2.05) is 42.2 Å². The van der Waals surface area contributed by atoms with E-state index >= 15 is 0 Å². The molecule has 0 spiro atoms. The maximum atomic E-state index is 13.2. The zero-order valence-corrected chi connectivity index (χ0v) is 21.8. The van der Waals surface area contributed by atoms with Crippen LogP contribution in [-0.4, -0.2) is 65.4 Å². The number of hydrogen-bond donors (Lipinski definition) is 1. The van der Waals surface area contributed by atoms with Crippen molar-refractivity contribution in [2.24, 2.45) is 5.92 Å². The third kappa shape index (κ3) is 5.60. The van der Waals surface area contributed by atoms with Crippen molar-refractivity contribution in [3.8, 4) is 0 Å². The first-order valence-corrected chi connectivity index (χ1v) is 13.5. The molecule has 186 valence electrons. The van der Waals surface area contributed by atoms with Gasteiger partial charge in [0.1, 0.15) is 5.82 Å². The third-order valence-corrected chi connectivity index (χ3v) is 7.78. The summed E-state index contributed by atoms with van der Waals surface area (Å²) in [5, 5.41) is 3.54. The lowest BCUT2D eigenvalue weighted by Crippen LogP contribution is -2.51. The SMILES string of the molecule is Cc1cc(N2CCN(C(=O)C3CC(=O)N(c4cccc(Br)c4)C3)CC2)nc(NC2CCCCC2)n1. The molecule has 9 heteroatoms. The first kappa shape index (κ1) is 24.0. The van der Waals surface area contributed by atoms with Crippen molar-refractivity contribution < 1.29 is 9.59 Å². The normalized spacial score (nSPS) is 21.5. The Bertz CT molecular complexity index is 1080. The number of nitrogens with one attached hydrogen (secondary N) is 1. The number of anilines is 3. The van der Waals surface area contributed by atoms with Crippen LogP contribution in [0.5, 0.6) is 0 Å². The Morgan fingerprint density at radius 3 is 2.57 bits per heavy atom. The van der Waals surface area contributed by atoms with Crippen LogP contribution in [0, 0.1) is 12.8 Å². The Morgan fingerprint density at radius 2 is 1.83 bits per heavy atom. The van der Waals surface area contributed by atoms with E-state index in [-0.39, 0.29) is 24.2 Å². The van der Waals surface area contributed by atoms with Gasteiger partial charge in [-0.15, -0.1) is 0 Å². The summed E-state index contributed by atoms with van der Waals surface area (Å²) in [5.41, 5.74) is 1.78. The van der Waals surface area contributed by atoms with E-state index in [0.717, 1.165) is 34.8 Å². The molecule has 2 saturated heterocycles. The number of amides is 2. The van der Waals surface area contributed by atoms with Crippen LogP contribution in [-0.2, 0) is 9.59 Å². The zero-order valence-electron chi connectivity index (χ0n) is 20.3. The molecule has 3 aliphatic rings. The lowest BCUT2D eigenvalue weighted by atomic mass is 9.96. The Morgan fingerprint density at radius 1 is 1.06 bits per heavy atom. The fraction of sp³-hybridized carbons (Fsp3) is 0.538. The fourth-order valence-electron chi connectivity index (χ4n) is 5.39. The Balaban J connectivity index is 1.18. The van der Waals surface area contributed by atoms with E-state index in [9.17, 15) is 9.59 Å². The molecule has 0 radical (unpaired) electrons. The molecule has 1 unspecified atom stereocenters. The highest BCUT2D eigenvalue weighted by atomic mass is 79.9. The number of piperazine rings is 1. The van der Waals surface area contributed by atoms with E-state index in [1.165, 1.54) is 32.1 Å². The molecule has 0 bridgehead atoms. The first-order valence-electron chi connectivity index (χ1n) is 12.7. The van der Waals surface area contributed by atoms with Gasteiger partial charge in [-0.1, -0.05) is 41.3 Å². The Kier molecular flexibility index (Phi) is 7.22. The molecule has 2 aliphatic heterocycles. The van der Waals surface area contributed by atoms with Crippen LogP contribution < -0.4 is 15.1 Å². The van der Waals surface area contributed by atoms with Gasteiger partial charge in [-0.3, -0.25) is 9.59 Å². The molecule has 2 aromatic rings. The largest absolute Gasteiger partial charge is 0.353 e. The summed E-state index contributed by atoms with van der Waals surface area (Å²) < 4.78 is 0.922. The number of aryl methyl sites for hydroxylation is 1. The smallest absolute Gasteiger partial charge is 0.228 e. The predicted octanol–water partition coefficient (Wildman–Crippen LogP) is 3.99. The molecule has 1 atom stereocenters. The summed E-state index contributed by atoms with van der Waals surface area (Å²) in [6.07, 6.45) is 6.47. The Labute approximate surface area is 215 Å². The minimum atomic E-state index is -0.291. The molecule has 8 nitrogen and oxygen atoms in total. The maximum absolute atomic E-state index is 13.2. The van der Waals surface area contributed by atoms with Crippen LogP contribution in [0.4, 0.5) is 17.5 Å². The lowest BCUT2D eigenvalue weighted by molar-refractivity contribution is -0.136. The van der Waals surface area contributed by atoms with Gasteiger partial charge in [0.05, 0.1) is 5.92 Å². The number of rotatable bonds is 5. The van der Waals surface area contributed by atoms with Crippen molar-refractivity contribution in [2.75, 3.05) is 47.8 Å². The molecule has 1 N–H and O–H groups in total. The fourth-order valence-corrected chi connectivity index (χ4v) is 5.78. The van der Waals surface area contributed by atoms with Gasteiger partial charge in [0, 0.05) is 67.1 Å². The van der Waals surface area contributed by atoms with Gasteiger partial charge >= 0.3 is 0 Å². The number of hydrogen-bond acceptors (Lipinski definition) is 6. The summed E-state index contributed by atoms with van der Waals surface area (Å²) in [4.78, 5) is 41.2. The lowest BCUT2D eigenvalue weighted by Gasteiger charge is -2.36. The molecule has 3 fully saturated rings. The average molecular weight is 541 g/mol. The van der Waals surface area contributed by atoms with Crippen LogP contribution in [0.25, 0.3) is 0 Å². The molecule has 1 aromatic heterocycles. The molecular formula is C26H33BrN6O2. The predicted molar refractivity (Wildman–Crippen MR) is 141 cm³/mol. The number of benzene rings is 1. The van der Waals surface area contributed by atoms with Gasteiger partial charge in [0.2, 0.25) is 17.8 Å². The van der Waals surface area contributed by atoms with Crippen LogP contribution in [0.2, 0.25) is 0 Å². The van der Waals surface area contributed by atoms with Gasteiger partial charge < -0.3 is 20.0 Å². The van der Waals surface area contributed by atoms with Crippen LogP contribution >= 0.6 is 15.9 Å². The highest BCUT2D eigenvalue weighted by molar-refractivity contribution is 9.10. The number of carbonyl (C=O) groups excluding carboxylic acids is 2. The molecule has 2 amide bonds. The van der Waals surface area contributed by atoms with E-state index < -0.39 is 0 Å². The second kappa shape index (κ2) is 10.5. The highest BCUT2D eigenvalue weighted by Gasteiger charge is 2.38. The average Bonchev–Trinajstić information content (AvgIpc) is 3.25. The van der Waals surface area contributed by atoms with Gasteiger partial charge in [-0.05, 0) is 38.0 Å². The summed E-state index contributed by atoms with van der Waals surface area (Å²) in [5.74, 6) is 1.42. The topological polar surface area (TPSA) is 81.7 Å². The van der Waals surface area contributed by atoms with Gasteiger partial charge in [-0.2, -0.15) is 4.98 Å². The summed E-state index contributed by atoms with van der Waals surface area (Å²) in [6.45, 7) is 5.16.